The minimum atomic E-state index is 0.0397. The summed E-state index contributed by atoms with van der Waals surface area (Å²) < 4.78 is 0. The van der Waals surface area contributed by atoms with Gasteiger partial charge >= 0.3 is 0 Å². The second-order valence-electron chi connectivity index (χ2n) is 6.33. The van der Waals surface area contributed by atoms with Crippen molar-refractivity contribution in [3.8, 4) is 0 Å². The van der Waals surface area contributed by atoms with E-state index < -0.39 is 0 Å². The number of carbonyl (C=O) groups is 1. The third-order valence-electron chi connectivity index (χ3n) is 4.91. The van der Waals surface area contributed by atoms with E-state index in [1.54, 1.807) is 18.5 Å². The van der Waals surface area contributed by atoms with Crippen molar-refractivity contribution in [3.63, 3.8) is 0 Å². The van der Waals surface area contributed by atoms with Gasteiger partial charge in [0, 0.05) is 44.6 Å². The van der Waals surface area contributed by atoms with Crippen LogP contribution in [0.4, 0.5) is 0 Å². The molecule has 22 heavy (non-hydrogen) atoms. The molecule has 0 N–H and O–H groups in total. The molecule has 1 aliphatic heterocycles. The molecule has 0 bridgehead atoms. The molecule has 1 aliphatic carbocycles. The molecule has 1 saturated carbocycles. The zero-order valence-corrected chi connectivity index (χ0v) is 13.8. The first-order chi connectivity index (χ1) is 10.8. The Balaban J connectivity index is 1.62. The van der Waals surface area contributed by atoms with E-state index in [-0.39, 0.29) is 5.91 Å². The predicted molar refractivity (Wildman–Crippen MR) is 88.2 cm³/mol. The van der Waals surface area contributed by atoms with E-state index in [9.17, 15) is 4.79 Å². The summed E-state index contributed by atoms with van der Waals surface area (Å²) in [5, 5.41) is 0.445. The van der Waals surface area contributed by atoms with Crippen LogP contribution in [0, 0.1) is 0 Å². The molecule has 0 unspecified atom stereocenters. The highest BCUT2D eigenvalue weighted by Gasteiger charge is 2.26. The first-order valence-electron chi connectivity index (χ1n) is 8.38. The molecule has 2 fully saturated rings. The highest BCUT2D eigenvalue weighted by molar-refractivity contribution is 6.33. The predicted octanol–water partition coefficient (Wildman–Crippen LogP) is 3.22. The Labute approximate surface area is 137 Å². The molecule has 4 nitrogen and oxygen atoms in total. The zero-order chi connectivity index (χ0) is 15.4. The second kappa shape index (κ2) is 7.42. The van der Waals surface area contributed by atoms with Gasteiger partial charge in [0.05, 0.1) is 10.6 Å². The molecule has 1 amide bonds. The summed E-state index contributed by atoms with van der Waals surface area (Å²) in [4.78, 5) is 21.2. The van der Waals surface area contributed by atoms with E-state index in [0.29, 0.717) is 10.6 Å². The van der Waals surface area contributed by atoms with Gasteiger partial charge in [0.1, 0.15) is 0 Å². The summed E-state index contributed by atoms with van der Waals surface area (Å²) in [6, 6.07) is 2.45. The number of carbonyl (C=O) groups excluding carboxylic acids is 1. The molecule has 1 aromatic heterocycles. The molecule has 1 aromatic rings. The Morgan fingerprint density at radius 1 is 1.09 bits per heavy atom. The van der Waals surface area contributed by atoms with Gasteiger partial charge in [-0.3, -0.25) is 14.7 Å². The maximum absolute atomic E-state index is 12.7. The number of pyridine rings is 1. The number of aromatic nitrogens is 1. The maximum atomic E-state index is 12.7. The smallest absolute Gasteiger partial charge is 0.255 e. The molecular formula is C17H24ClN3O. The van der Waals surface area contributed by atoms with Crippen LogP contribution in [0.3, 0.4) is 0 Å². The lowest BCUT2D eigenvalue weighted by atomic mass is 9.94. The van der Waals surface area contributed by atoms with Crippen LogP contribution in [0.15, 0.2) is 18.5 Å². The minimum Gasteiger partial charge on any atom is -0.337 e. The highest BCUT2D eigenvalue weighted by atomic mass is 35.5. The zero-order valence-electron chi connectivity index (χ0n) is 13.0. The summed E-state index contributed by atoms with van der Waals surface area (Å²) >= 11 is 6.11. The standard InChI is InChI=1S/C17H24ClN3O/c18-16-13-19-8-7-15(16)17(22)21-10-4-9-20(11-12-21)14-5-2-1-3-6-14/h7-8,13-14H,1-6,9-12H2. The fraction of sp³-hybridized carbons (Fsp3) is 0.647. The second-order valence-corrected chi connectivity index (χ2v) is 6.74. The third kappa shape index (κ3) is 3.61. The Morgan fingerprint density at radius 2 is 1.91 bits per heavy atom. The van der Waals surface area contributed by atoms with Crippen LogP contribution in [-0.4, -0.2) is 52.9 Å². The van der Waals surface area contributed by atoms with E-state index in [1.807, 2.05) is 4.90 Å². The van der Waals surface area contributed by atoms with Gasteiger partial charge in [-0.05, 0) is 25.3 Å². The number of amides is 1. The number of hydrogen-bond acceptors (Lipinski definition) is 3. The Kier molecular flexibility index (Phi) is 5.32. The van der Waals surface area contributed by atoms with Crippen molar-refractivity contribution in [2.24, 2.45) is 0 Å². The van der Waals surface area contributed by atoms with E-state index in [2.05, 4.69) is 9.88 Å². The van der Waals surface area contributed by atoms with Crippen molar-refractivity contribution in [2.45, 2.75) is 44.6 Å². The normalized spacial score (nSPS) is 21.6. The maximum Gasteiger partial charge on any atom is 0.255 e. The molecule has 3 rings (SSSR count). The Bertz CT molecular complexity index is 516. The van der Waals surface area contributed by atoms with Gasteiger partial charge in [-0.25, -0.2) is 0 Å². The molecule has 0 aromatic carbocycles. The summed E-state index contributed by atoms with van der Waals surface area (Å²) in [7, 11) is 0. The van der Waals surface area contributed by atoms with Crippen LogP contribution in [0.2, 0.25) is 5.02 Å². The van der Waals surface area contributed by atoms with Gasteiger partial charge in [0.15, 0.2) is 0 Å². The van der Waals surface area contributed by atoms with Crippen molar-refractivity contribution < 1.29 is 4.79 Å². The summed E-state index contributed by atoms with van der Waals surface area (Å²) in [6.07, 6.45) is 11.0. The van der Waals surface area contributed by atoms with Crippen LogP contribution < -0.4 is 0 Å². The van der Waals surface area contributed by atoms with Crippen molar-refractivity contribution >= 4 is 17.5 Å². The Morgan fingerprint density at radius 3 is 2.68 bits per heavy atom. The Hall–Kier alpha value is -1.13. The number of hydrogen-bond donors (Lipinski definition) is 0. The quantitative estimate of drug-likeness (QED) is 0.839. The van der Waals surface area contributed by atoms with Crippen LogP contribution >= 0.6 is 11.6 Å². The molecule has 0 atom stereocenters. The lowest BCUT2D eigenvalue weighted by Crippen LogP contribution is -2.40. The largest absolute Gasteiger partial charge is 0.337 e. The number of nitrogens with zero attached hydrogens (tertiary/aromatic N) is 3. The third-order valence-corrected chi connectivity index (χ3v) is 5.21. The average molecular weight is 322 g/mol. The van der Waals surface area contributed by atoms with E-state index >= 15 is 0 Å². The first-order valence-corrected chi connectivity index (χ1v) is 8.76. The summed E-state index contributed by atoms with van der Waals surface area (Å²) in [6.45, 7) is 3.71. The lowest BCUT2D eigenvalue weighted by Gasteiger charge is -2.33. The van der Waals surface area contributed by atoms with Gasteiger partial charge in [-0.2, -0.15) is 0 Å². The molecular weight excluding hydrogens is 298 g/mol. The van der Waals surface area contributed by atoms with Crippen LogP contribution in [-0.2, 0) is 0 Å². The SMILES string of the molecule is O=C(c1ccncc1Cl)N1CCCN(C2CCCCC2)CC1. The van der Waals surface area contributed by atoms with Crippen LogP contribution in [0.1, 0.15) is 48.9 Å². The van der Waals surface area contributed by atoms with Crippen LogP contribution in [0.5, 0.6) is 0 Å². The lowest BCUT2D eigenvalue weighted by molar-refractivity contribution is 0.0755. The molecule has 1 saturated heterocycles. The number of halogens is 1. The fourth-order valence-electron chi connectivity index (χ4n) is 3.67. The fourth-order valence-corrected chi connectivity index (χ4v) is 3.87. The van der Waals surface area contributed by atoms with Gasteiger partial charge < -0.3 is 4.90 Å². The molecule has 0 radical (unpaired) electrons. The monoisotopic (exact) mass is 321 g/mol. The van der Waals surface area contributed by atoms with Crippen molar-refractivity contribution in [2.75, 3.05) is 26.2 Å². The molecule has 120 valence electrons. The van der Waals surface area contributed by atoms with Gasteiger partial charge in [0.2, 0.25) is 0 Å². The topological polar surface area (TPSA) is 36.4 Å². The van der Waals surface area contributed by atoms with Gasteiger partial charge in [-0.1, -0.05) is 30.9 Å². The van der Waals surface area contributed by atoms with Crippen molar-refractivity contribution in [3.05, 3.63) is 29.0 Å². The molecule has 2 heterocycles. The van der Waals surface area contributed by atoms with Gasteiger partial charge in [-0.15, -0.1) is 0 Å². The van der Waals surface area contributed by atoms with Crippen molar-refractivity contribution in [1.82, 2.24) is 14.8 Å². The van der Waals surface area contributed by atoms with E-state index in [0.717, 1.165) is 38.6 Å². The van der Waals surface area contributed by atoms with Crippen LogP contribution in [0.25, 0.3) is 0 Å². The van der Waals surface area contributed by atoms with E-state index in [4.69, 9.17) is 11.6 Å². The summed E-state index contributed by atoms with van der Waals surface area (Å²) in [5.41, 5.74) is 0.572. The summed E-state index contributed by atoms with van der Waals surface area (Å²) in [5.74, 6) is 0.0397. The first kappa shape index (κ1) is 15.8. The number of rotatable bonds is 2. The molecule has 0 spiro atoms. The van der Waals surface area contributed by atoms with E-state index in [1.165, 1.54) is 32.1 Å². The molecule has 2 aliphatic rings. The highest BCUT2D eigenvalue weighted by Crippen LogP contribution is 2.24. The van der Waals surface area contributed by atoms with Gasteiger partial charge in [0.25, 0.3) is 5.91 Å². The molecule has 5 heteroatoms. The minimum absolute atomic E-state index is 0.0397. The average Bonchev–Trinajstić information content (AvgIpc) is 2.81. The van der Waals surface area contributed by atoms with Crippen molar-refractivity contribution in [1.29, 1.82) is 0 Å².